The van der Waals surface area contributed by atoms with Gasteiger partial charge < -0.3 is 9.68 Å². The highest BCUT2D eigenvalue weighted by atomic mass is 16.6. The zero-order valence-electron chi connectivity index (χ0n) is 10.5. The molecule has 0 aromatic heterocycles. The number of benzene rings is 1. The first kappa shape index (κ1) is 13.2. The largest absolute Gasteiger partial charge is 0.399 e. The molecule has 0 fully saturated rings. The lowest BCUT2D eigenvalue weighted by atomic mass is 10.0. The third-order valence-electron chi connectivity index (χ3n) is 2.28. The van der Waals surface area contributed by atoms with Crippen LogP contribution in [0.1, 0.15) is 25.3 Å². The maximum atomic E-state index is 4.87. The van der Waals surface area contributed by atoms with Crippen molar-refractivity contribution in [2.45, 2.75) is 19.8 Å². The first-order chi connectivity index (χ1) is 8.27. The minimum atomic E-state index is 0.774. The number of oxime groups is 2. The molecule has 1 aromatic rings. The van der Waals surface area contributed by atoms with Gasteiger partial charge in [0.1, 0.15) is 14.2 Å². The molecule has 4 nitrogen and oxygen atoms in total. The van der Waals surface area contributed by atoms with Crippen molar-refractivity contribution in [2.75, 3.05) is 14.2 Å². The monoisotopic (exact) mass is 234 g/mol. The third-order valence-corrected chi connectivity index (χ3v) is 2.28. The Morgan fingerprint density at radius 1 is 1.00 bits per heavy atom. The van der Waals surface area contributed by atoms with E-state index >= 15 is 0 Å². The predicted octanol–water partition coefficient (Wildman–Crippen LogP) is 2.84. The summed E-state index contributed by atoms with van der Waals surface area (Å²) in [5, 5.41) is 7.92. The highest BCUT2D eigenvalue weighted by Gasteiger charge is 2.05. The van der Waals surface area contributed by atoms with Gasteiger partial charge in [0, 0.05) is 0 Å². The predicted molar refractivity (Wildman–Crippen MR) is 69.3 cm³/mol. The maximum Gasteiger partial charge on any atom is 0.106 e. The van der Waals surface area contributed by atoms with Gasteiger partial charge >= 0.3 is 0 Å². The Kier molecular flexibility index (Phi) is 5.79. The Morgan fingerprint density at radius 2 is 1.65 bits per heavy atom. The van der Waals surface area contributed by atoms with Gasteiger partial charge in [-0.3, -0.25) is 0 Å². The molecule has 0 atom stereocenters. The Morgan fingerprint density at radius 3 is 2.24 bits per heavy atom. The Balaban J connectivity index is 2.69. The minimum Gasteiger partial charge on any atom is -0.399 e. The lowest BCUT2D eigenvalue weighted by molar-refractivity contribution is 0.211. The molecule has 1 aromatic carbocycles. The lowest BCUT2D eigenvalue weighted by Gasteiger charge is -2.05. The topological polar surface area (TPSA) is 43.2 Å². The molecule has 0 heterocycles. The maximum absolute atomic E-state index is 4.87. The van der Waals surface area contributed by atoms with E-state index in [2.05, 4.69) is 10.3 Å². The fourth-order valence-electron chi connectivity index (χ4n) is 1.48. The van der Waals surface area contributed by atoms with Gasteiger partial charge in [0.2, 0.25) is 0 Å². The summed E-state index contributed by atoms with van der Waals surface area (Å²) in [6.07, 6.45) is 1.57. The number of hydrogen-bond acceptors (Lipinski definition) is 4. The van der Waals surface area contributed by atoms with Crippen LogP contribution in [0.5, 0.6) is 0 Å². The van der Waals surface area contributed by atoms with E-state index in [-0.39, 0.29) is 0 Å². The Labute approximate surface area is 102 Å². The van der Waals surface area contributed by atoms with E-state index in [9.17, 15) is 0 Å². The molecular formula is C13H18N2O2. The third kappa shape index (κ3) is 4.68. The summed E-state index contributed by atoms with van der Waals surface area (Å²) in [6.45, 7) is 1.93. The van der Waals surface area contributed by atoms with Crippen LogP contribution in [-0.2, 0) is 9.68 Å². The zero-order chi connectivity index (χ0) is 12.5. The van der Waals surface area contributed by atoms with Crippen molar-refractivity contribution in [1.29, 1.82) is 0 Å². The summed E-state index contributed by atoms with van der Waals surface area (Å²) in [4.78, 5) is 9.59. The molecule has 0 saturated carbocycles. The fraction of sp³-hybridized carbons (Fsp3) is 0.385. The number of nitrogens with zero attached hydrogens (tertiary/aromatic N) is 2. The van der Waals surface area contributed by atoms with Crippen molar-refractivity contribution in [3.05, 3.63) is 35.9 Å². The van der Waals surface area contributed by atoms with Gasteiger partial charge in [-0.05, 0) is 25.3 Å². The normalized spacial score (nSPS) is 12.4. The van der Waals surface area contributed by atoms with E-state index in [0.29, 0.717) is 0 Å². The Bertz CT molecular complexity index is 386. The summed E-state index contributed by atoms with van der Waals surface area (Å²) < 4.78 is 0. The van der Waals surface area contributed by atoms with Crippen molar-refractivity contribution in [3.63, 3.8) is 0 Å². The highest BCUT2D eigenvalue weighted by Crippen LogP contribution is 2.08. The van der Waals surface area contributed by atoms with Gasteiger partial charge in [-0.15, -0.1) is 0 Å². The van der Waals surface area contributed by atoms with Gasteiger partial charge in [0.05, 0.1) is 11.4 Å². The van der Waals surface area contributed by atoms with Gasteiger partial charge in [0.25, 0.3) is 0 Å². The van der Waals surface area contributed by atoms with Crippen LogP contribution in [-0.4, -0.2) is 25.6 Å². The molecule has 17 heavy (non-hydrogen) atoms. The summed E-state index contributed by atoms with van der Waals surface area (Å²) in [5.41, 5.74) is 2.92. The van der Waals surface area contributed by atoms with Crippen LogP contribution in [0.15, 0.2) is 40.6 Å². The molecular weight excluding hydrogens is 216 g/mol. The number of hydrogen-bond donors (Lipinski definition) is 0. The van der Waals surface area contributed by atoms with Crippen molar-refractivity contribution >= 4 is 11.4 Å². The molecule has 0 spiro atoms. The van der Waals surface area contributed by atoms with E-state index in [0.717, 1.165) is 29.8 Å². The van der Waals surface area contributed by atoms with Crippen molar-refractivity contribution < 1.29 is 9.68 Å². The van der Waals surface area contributed by atoms with E-state index in [1.165, 1.54) is 0 Å². The second kappa shape index (κ2) is 7.44. The first-order valence-corrected chi connectivity index (χ1v) is 5.50. The molecule has 0 amide bonds. The molecule has 92 valence electrons. The molecule has 0 radical (unpaired) electrons. The molecule has 1 rings (SSSR count). The molecule has 4 heteroatoms. The molecule has 0 N–H and O–H groups in total. The van der Waals surface area contributed by atoms with Crippen molar-refractivity contribution in [1.82, 2.24) is 0 Å². The molecule has 0 aliphatic heterocycles. The summed E-state index contributed by atoms with van der Waals surface area (Å²) in [6, 6.07) is 9.97. The van der Waals surface area contributed by atoms with Crippen LogP contribution < -0.4 is 0 Å². The molecule has 0 unspecified atom stereocenters. The van der Waals surface area contributed by atoms with E-state index in [1.54, 1.807) is 14.2 Å². The second-order valence-electron chi connectivity index (χ2n) is 3.60. The van der Waals surface area contributed by atoms with E-state index in [4.69, 9.17) is 9.68 Å². The SMILES string of the molecule is CON=C(C)CCC(=NOC)c1ccccc1. The quantitative estimate of drug-likeness (QED) is 0.561. The Hall–Kier alpha value is -1.84. The first-order valence-electron chi connectivity index (χ1n) is 5.50. The number of rotatable bonds is 6. The molecule has 0 bridgehead atoms. The van der Waals surface area contributed by atoms with Gasteiger partial charge in [-0.1, -0.05) is 40.6 Å². The average Bonchev–Trinajstić information content (AvgIpc) is 2.36. The van der Waals surface area contributed by atoms with Crippen molar-refractivity contribution in [2.24, 2.45) is 10.3 Å². The standard InChI is InChI=1S/C13H18N2O2/c1-11(14-16-2)9-10-13(15-17-3)12-7-5-4-6-8-12/h4-8H,9-10H2,1-3H3. The van der Waals surface area contributed by atoms with Gasteiger partial charge in [-0.25, -0.2) is 0 Å². The summed E-state index contributed by atoms with van der Waals surface area (Å²) in [5.74, 6) is 0. The summed E-state index contributed by atoms with van der Waals surface area (Å²) in [7, 11) is 3.10. The van der Waals surface area contributed by atoms with Gasteiger partial charge in [-0.2, -0.15) is 0 Å². The summed E-state index contributed by atoms with van der Waals surface area (Å²) >= 11 is 0. The van der Waals surface area contributed by atoms with Crippen LogP contribution in [0.3, 0.4) is 0 Å². The molecule has 0 aliphatic carbocycles. The lowest BCUT2D eigenvalue weighted by Crippen LogP contribution is -2.05. The van der Waals surface area contributed by atoms with Gasteiger partial charge in [0.15, 0.2) is 0 Å². The van der Waals surface area contributed by atoms with Crippen LogP contribution >= 0.6 is 0 Å². The van der Waals surface area contributed by atoms with E-state index < -0.39 is 0 Å². The van der Waals surface area contributed by atoms with Crippen LogP contribution in [0, 0.1) is 0 Å². The minimum absolute atomic E-state index is 0.774. The fourth-order valence-corrected chi connectivity index (χ4v) is 1.48. The van der Waals surface area contributed by atoms with Crippen LogP contribution in [0.2, 0.25) is 0 Å². The molecule has 0 saturated heterocycles. The average molecular weight is 234 g/mol. The molecule has 0 aliphatic rings. The second-order valence-corrected chi connectivity index (χ2v) is 3.60. The van der Waals surface area contributed by atoms with Crippen LogP contribution in [0.4, 0.5) is 0 Å². The van der Waals surface area contributed by atoms with Crippen molar-refractivity contribution in [3.8, 4) is 0 Å². The highest BCUT2D eigenvalue weighted by molar-refractivity contribution is 6.02. The smallest absolute Gasteiger partial charge is 0.106 e. The van der Waals surface area contributed by atoms with Crippen LogP contribution in [0.25, 0.3) is 0 Å². The van der Waals surface area contributed by atoms with E-state index in [1.807, 2.05) is 37.3 Å². The zero-order valence-corrected chi connectivity index (χ0v) is 10.5.